The summed E-state index contributed by atoms with van der Waals surface area (Å²) in [7, 11) is 3.14. The van der Waals surface area contributed by atoms with Crippen molar-refractivity contribution in [2.45, 2.75) is 32.7 Å². The molecule has 2 atom stereocenters. The summed E-state index contributed by atoms with van der Waals surface area (Å²) in [5.74, 6) is 1.76. The first-order chi connectivity index (χ1) is 13.5. The lowest BCUT2D eigenvalue weighted by atomic mass is 9.99. The van der Waals surface area contributed by atoms with Crippen molar-refractivity contribution in [1.82, 2.24) is 5.32 Å². The largest absolute Gasteiger partial charge is 0.493 e. The fourth-order valence-electron chi connectivity index (χ4n) is 3.74. The first kappa shape index (κ1) is 20.1. The molecule has 2 aromatic carbocycles. The summed E-state index contributed by atoms with van der Waals surface area (Å²) >= 11 is 0. The zero-order valence-electron chi connectivity index (χ0n) is 17.2. The average molecular weight is 383 g/mol. The van der Waals surface area contributed by atoms with Crippen LogP contribution in [0, 0.1) is 5.92 Å². The molecule has 1 aliphatic rings. The Labute approximate surface area is 167 Å². The minimum Gasteiger partial charge on any atom is -0.493 e. The molecule has 1 saturated heterocycles. The van der Waals surface area contributed by atoms with Crippen molar-refractivity contribution in [1.29, 1.82) is 0 Å². The minimum atomic E-state index is -0.137. The van der Waals surface area contributed by atoms with E-state index in [2.05, 4.69) is 41.4 Å². The summed E-state index contributed by atoms with van der Waals surface area (Å²) in [6, 6.07) is 13.6. The van der Waals surface area contributed by atoms with E-state index in [0.717, 1.165) is 24.6 Å². The molecule has 1 amide bonds. The van der Waals surface area contributed by atoms with Crippen molar-refractivity contribution in [3.8, 4) is 11.5 Å². The van der Waals surface area contributed by atoms with Gasteiger partial charge in [0.25, 0.3) is 5.91 Å². The molecule has 1 aliphatic heterocycles. The molecule has 28 heavy (non-hydrogen) atoms. The van der Waals surface area contributed by atoms with Gasteiger partial charge in [0.15, 0.2) is 11.5 Å². The highest BCUT2D eigenvalue weighted by Gasteiger charge is 2.18. The van der Waals surface area contributed by atoms with Gasteiger partial charge in [-0.15, -0.1) is 0 Å². The van der Waals surface area contributed by atoms with Gasteiger partial charge in [0.1, 0.15) is 0 Å². The highest BCUT2D eigenvalue weighted by molar-refractivity contribution is 5.95. The number of nitrogens with zero attached hydrogens (tertiary/aromatic N) is 1. The van der Waals surface area contributed by atoms with E-state index in [9.17, 15) is 4.79 Å². The number of carbonyl (C=O) groups excluding carboxylic acids is 1. The Morgan fingerprint density at radius 2 is 1.82 bits per heavy atom. The van der Waals surface area contributed by atoms with Crippen LogP contribution in [0.3, 0.4) is 0 Å². The Morgan fingerprint density at radius 3 is 2.46 bits per heavy atom. The lowest BCUT2D eigenvalue weighted by molar-refractivity contribution is 0.0939. The molecule has 0 bridgehead atoms. The van der Waals surface area contributed by atoms with Crippen LogP contribution in [0.2, 0.25) is 0 Å². The maximum absolute atomic E-state index is 12.6. The van der Waals surface area contributed by atoms with Crippen LogP contribution in [-0.4, -0.2) is 33.2 Å². The molecule has 0 aromatic heterocycles. The Balaban J connectivity index is 1.65. The van der Waals surface area contributed by atoms with E-state index in [1.807, 2.05) is 6.92 Å². The topological polar surface area (TPSA) is 50.8 Å². The Morgan fingerprint density at radius 1 is 1.11 bits per heavy atom. The molecule has 0 radical (unpaired) electrons. The zero-order valence-corrected chi connectivity index (χ0v) is 17.2. The number of hydrogen-bond acceptors (Lipinski definition) is 4. The number of piperidine rings is 1. The van der Waals surface area contributed by atoms with E-state index in [0.29, 0.717) is 17.1 Å². The highest BCUT2D eigenvalue weighted by Crippen LogP contribution is 2.28. The SMILES string of the molecule is COc1ccc(C(=O)N[C@@H](C)c2ccc(N3CCC[C@H](C)C3)cc2)cc1OC. The predicted octanol–water partition coefficient (Wildman–Crippen LogP) is 4.43. The van der Waals surface area contributed by atoms with E-state index >= 15 is 0 Å². The fourth-order valence-corrected chi connectivity index (χ4v) is 3.74. The Hall–Kier alpha value is -2.69. The molecule has 0 aliphatic carbocycles. The molecule has 3 rings (SSSR count). The number of anilines is 1. The Bertz CT molecular complexity index is 804. The van der Waals surface area contributed by atoms with Crippen molar-refractivity contribution in [2.75, 3.05) is 32.2 Å². The lowest BCUT2D eigenvalue weighted by Gasteiger charge is -2.33. The van der Waals surface area contributed by atoms with Gasteiger partial charge in [-0.3, -0.25) is 4.79 Å². The fraction of sp³-hybridized carbons (Fsp3) is 0.435. The van der Waals surface area contributed by atoms with Crippen molar-refractivity contribution >= 4 is 11.6 Å². The van der Waals surface area contributed by atoms with Crippen LogP contribution in [0.5, 0.6) is 11.5 Å². The molecule has 1 N–H and O–H groups in total. The van der Waals surface area contributed by atoms with E-state index in [1.54, 1.807) is 32.4 Å². The van der Waals surface area contributed by atoms with Crippen LogP contribution in [0.25, 0.3) is 0 Å². The average Bonchev–Trinajstić information content (AvgIpc) is 2.73. The van der Waals surface area contributed by atoms with Gasteiger partial charge in [-0.05, 0) is 61.6 Å². The lowest BCUT2D eigenvalue weighted by Crippen LogP contribution is -2.34. The van der Waals surface area contributed by atoms with Gasteiger partial charge < -0.3 is 19.7 Å². The third-order valence-corrected chi connectivity index (χ3v) is 5.41. The van der Waals surface area contributed by atoms with Gasteiger partial charge in [-0.2, -0.15) is 0 Å². The first-order valence-electron chi connectivity index (χ1n) is 9.89. The molecule has 0 spiro atoms. The van der Waals surface area contributed by atoms with Crippen molar-refractivity contribution in [3.63, 3.8) is 0 Å². The number of methoxy groups -OCH3 is 2. The van der Waals surface area contributed by atoms with Crippen LogP contribution in [-0.2, 0) is 0 Å². The first-order valence-corrected chi connectivity index (χ1v) is 9.89. The second-order valence-electron chi connectivity index (χ2n) is 7.55. The summed E-state index contributed by atoms with van der Waals surface area (Å²) in [5.41, 5.74) is 2.89. The monoisotopic (exact) mass is 382 g/mol. The maximum atomic E-state index is 12.6. The predicted molar refractivity (Wildman–Crippen MR) is 112 cm³/mol. The minimum absolute atomic E-state index is 0.0880. The van der Waals surface area contributed by atoms with Crippen LogP contribution in [0.4, 0.5) is 5.69 Å². The maximum Gasteiger partial charge on any atom is 0.251 e. The number of nitrogens with one attached hydrogen (secondary N) is 1. The summed E-state index contributed by atoms with van der Waals surface area (Å²) < 4.78 is 10.5. The van der Waals surface area contributed by atoms with Crippen LogP contribution >= 0.6 is 0 Å². The van der Waals surface area contributed by atoms with Gasteiger partial charge in [-0.25, -0.2) is 0 Å². The molecule has 0 saturated carbocycles. The summed E-state index contributed by atoms with van der Waals surface area (Å²) in [5, 5.41) is 3.06. The van der Waals surface area contributed by atoms with Gasteiger partial charge in [0.2, 0.25) is 0 Å². The molecule has 1 heterocycles. The number of hydrogen-bond donors (Lipinski definition) is 1. The second kappa shape index (κ2) is 9.00. The third kappa shape index (κ3) is 4.58. The van der Waals surface area contributed by atoms with Crippen molar-refractivity contribution in [2.24, 2.45) is 5.92 Å². The number of ether oxygens (including phenoxy) is 2. The van der Waals surface area contributed by atoms with Crippen molar-refractivity contribution in [3.05, 3.63) is 53.6 Å². The molecule has 2 aromatic rings. The highest BCUT2D eigenvalue weighted by atomic mass is 16.5. The summed E-state index contributed by atoms with van der Waals surface area (Å²) in [6.45, 7) is 6.54. The molecule has 5 heteroatoms. The van der Waals surface area contributed by atoms with E-state index in [-0.39, 0.29) is 11.9 Å². The number of benzene rings is 2. The van der Waals surface area contributed by atoms with E-state index in [1.165, 1.54) is 18.5 Å². The molecule has 0 unspecified atom stereocenters. The quantitative estimate of drug-likeness (QED) is 0.803. The number of carbonyl (C=O) groups is 1. The second-order valence-corrected chi connectivity index (χ2v) is 7.55. The van der Waals surface area contributed by atoms with Crippen molar-refractivity contribution < 1.29 is 14.3 Å². The van der Waals surface area contributed by atoms with Gasteiger partial charge in [0, 0.05) is 24.3 Å². The van der Waals surface area contributed by atoms with Crippen LogP contribution in [0.15, 0.2) is 42.5 Å². The molecular formula is C23H30N2O3. The molecule has 5 nitrogen and oxygen atoms in total. The molecular weight excluding hydrogens is 352 g/mol. The third-order valence-electron chi connectivity index (χ3n) is 5.41. The van der Waals surface area contributed by atoms with Crippen LogP contribution in [0.1, 0.15) is 48.7 Å². The summed E-state index contributed by atoms with van der Waals surface area (Å²) in [4.78, 5) is 15.1. The van der Waals surface area contributed by atoms with Gasteiger partial charge in [-0.1, -0.05) is 19.1 Å². The van der Waals surface area contributed by atoms with E-state index < -0.39 is 0 Å². The smallest absolute Gasteiger partial charge is 0.251 e. The Kier molecular flexibility index (Phi) is 6.45. The van der Waals surface area contributed by atoms with Gasteiger partial charge in [0.05, 0.1) is 20.3 Å². The van der Waals surface area contributed by atoms with Crippen LogP contribution < -0.4 is 19.7 Å². The number of rotatable bonds is 6. The number of amides is 1. The zero-order chi connectivity index (χ0) is 20.1. The summed E-state index contributed by atoms with van der Waals surface area (Å²) in [6.07, 6.45) is 2.56. The van der Waals surface area contributed by atoms with E-state index in [4.69, 9.17) is 9.47 Å². The standard InChI is InChI=1S/C23H30N2O3/c1-16-6-5-13-25(15-16)20-10-7-18(8-11-20)17(2)24-23(26)19-9-12-21(27-3)22(14-19)28-4/h7-12,14,16-17H,5-6,13,15H2,1-4H3,(H,24,26)/t16-,17-/m0/s1. The normalized spacial score (nSPS) is 17.7. The van der Waals surface area contributed by atoms with Gasteiger partial charge >= 0.3 is 0 Å². The molecule has 1 fully saturated rings. The molecule has 150 valence electrons.